The van der Waals surface area contributed by atoms with Crippen molar-refractivity contribution in [2.75, 3.05) is 26.8 Å². The average molecular weight is 181 g/mol. The quantitative estimate of drug-likeness (QED) is 0.757. The summed E-state index contributed by atoms with van der Waals surface area (Å²) in [6.07, 6.45) is 0. The molecule has 0 amide bonds. The molecule has 2 heterocycles. The first-order valence-electron chi connectivity index (χ1n) is 4.56. The Morgan fingerprint density at radius 1 is 1.46 bits per heavy atom. The topological polar surface area (TPSA) is 34.4 Å². The van der Waals surface area contributed by atoms with Crippen LogP contribution in [0.15, 0.2) is 16.5 Å². The Bertz CT molecular complexity index is 289. The van der Waals surface area contributed by atoms with Gasteiger partial charge in [-0.3, -0.25) is 0 Å². The second kappa shape index (κ2) is 3.16. The summed E-state index contributed by atoms with van der Waals surface area (Å²) in [5.41, 5.74) is 0.0863. The van der Waals surface area contributed by atoms with Gasteiger partial charge >= 0.3 is 0 Å². The van der Waals surface area contributed by atoms with Gasteiger partial charge in [-0.2, -0.15) is 0 Å². The van der Waals surface area contributed by atoms with Gasteiger partial charge in [0.1, 0.15) is 11.5 Å². The molecule has 1 saturated heterocycles. The minimum Gasteiger partial charge on any atom is -0.466 e. The molecule has 13 heavy (non-hydrogen) atoms. The van der Waals surface area contributed by atoms with E-state index in [-0.39, 0.29) is 5.41 Å². The first kappa shape index (κ1) is 8.78. The number of nitrogens with one attached hydrogen (secondary N) is 1. The largest absolute Gasteiger partial charge is 0.466 e. The lowest BCUT2D eigenvalue weighted by atomic mass is 9.83. The maximum Gasteiger partial charge on any atom is 0.116 e. The molecule has 0 bridgehead atoms. The van der Waals surface area contributed by atoms with E-state index in [2.05, 4.69) is 11.4 Å². The number of hydrogen-bond donors (Lipinski definition) is 1. The van der Waals surface area contributed by atoms with Crippen LogP contribution in [0.3, 0.4) is 0 Å². The van der Waals surface area contributed by atoms with Gasteiger partial charge in [-0.05, 0) is 26.1 Å². The Hall–Kier alpha value is -0.800. The third-order valence-corrected chi connectivity index (χ3v) is 2.53. The van der Waals surface area contributed by atoms with E-state index in [0.29, 0.717) is 0 Å². The van der Waals surface area contributed by atoms with E-state index >= 15 is 0 Å². The van der Waals surface area contributed by atoms with Crippen molar-refractivity contribution in [2.24, 2.45) is 0 Å². The number of ether oxygens (including phenoxy) is 1. The van der Waals surface area contributed by atoms with Gasteiger partial charge in [-0.1, -0.05) is 0 Å². The first-order valence-corrected chi connectivity index (χ1v) is 4.56. The highest BCUT2D eigenvalue weighted by Crippen LogP contribution is 2.32. The number of rotatable bonds is 3. The third-order valence-electron chi connectivity index (χ3n) is 2.53. The minimum atomic E-state index is 0.0863. The van der Waals surface area contributed by atoms with Crippen molar-refractivity contribution in [3.05, 3.63) is 23.7 Å². The fourth-order valence-electron chi connectivity index (χ4n) is 1.74. The molecule has 1 aliphatic heterocycles. The van der Waals surface area contributed by atoms with E-state index in [1.54, 1.807) is 0 Å². The van der Waals surface area contributed by atoms with Crippen molar-refractivity contribution in [2.45, 2.75) is 12.3 Å². The Labute approximate surface area is 78.1 Å². The highest BCUT2D eigenvalue weighted by atomic mass is 16.5. The van der Waals surface area contributed by atoms with Gasteiger partial charge in [0.15, 0.2) is 0 Å². The zero-order valence-corrected chi connectivity index (χ0v) is 8.09. The molecule has 0 saturated carbocycles. The molecule has 1 N–H and O–H groups in total. The van der Waals surface area contributed by atoms with Crippen molar-refractivity contribution >= 4 is 0 Å². The normalized spacial score (nSPS) is 19.8. The summed E-state index contributed by atoms with van der Waals surface area (Å²) in [7, 11) is 1.95. The van der Waals surface area contributed by atoms with E-state index in [1.165, 1.54) is 0 Å². The van der Waals surface area contributed by atoms with Crippen LogP contribution in [0.25, 0.3) is 0 Å². The van der Waals surface area contributed by atoms with Crippen molar-refractivity contribution in [1.29, 1.82) is 0 Å². The lowest BCUT2D eigenvalue weighted by molar-refractivity contribution is -0.0683. The molecule has 0 radical (unpaired) electrons. The Morgan fingerprint density at radius 2 is 2.23 bits per heavy atom. The van der Waals surface area contributed by atoms with Crippen LogP contribution in [0, 0.1) is 6.92 Å². The van der Waals surface area contributed by atoms with E-state index in [0.717, 1.165) is 31.3 Å². The molecule has 72 valence electrons. The summed E-state index contributed by atoms with van der Waals surface area (Å²) < 4.78 is 10.9. The zero-order valence-electron chi connectivity index (χ0n) is 8.09. The van der Waals surface area contributed by atoms with Gasteiger partial charge < -0.3 is 14.5 Å². The molecule has 0 aliphatic carbocycles. The van der Waals surface area contributed by atoms with Gasteiger partial charge in [0, 0.05) is 6.54 Å². The van der Waals surface area contributed by atoms with Crippen molar-refractivity contribution < 1.29 is 9.15 Å². The molecular formula is C10H15NO2. The predicted octanol–water partition coefficient (Wildman–Crippen LogP) is 1.08. The Morgan fingerprint density at radius 3 is 2.62 bits per heavy atom. The molecule has 2 rings (SSSR count). The Balaban J connectivity index is 2.21. The van der Waals surface area contributed by atoms with Gasteiger partial charge in [0.2, 0.25) is 0 Å². The van der Waals surface area contributed by atoms with E-state index < -0.39 is 0 Å². The highest BCUT2D eigenvalue weighted by Gasteiger charge is 2.42. The second-order valence-electron chi connectivity index (χ2n) is 3.71. The fourth-order valence-corrected chi connectivity index (χ4v) is 1.74. The second-order valence-corrected chi connectivity index (χ2v) is 3.71. The summed E-state index contributed by atoms with van der Waals surface area (Å²) in [6, 6.07) is 4.06. The molecule has 0 atom stereocenters. The first-order chi connectivity index (χ1) is 6.27. The Kier molecular flexibility index (Phi) is 2.14. The molecule has 0 aromatic carbocycles. The molecule has 1 aromatic heterocycles. The lowest BCUT2D eigenvalue weighted by Gasteiger charge is -2.39. The van der Waals surface area contributed by atoms with Crippen LogP contribution in [0.1, 0.15) is 11.5 Å². The van der Waals surface area contributed by atoms with Crippen LogP contribution >= 0.6 is 0 Å². The summed E-state index contributed by atoms with van der Waals surface area (Å²) in [4.78, 5) is 0. The molecule has 1 aliphatic rings. The van der Waals surface area contributed by atoms with E-state index in [9.17, 15) is 0 Å². The van der Waals surface area contributed by atoms with Crippen LogP contribution < -0.4 is 5.32 Å². The summed E-state index contributed by atoms with van der Waals surface area (Å²) >= 11 is 0. The summed E-state index contributed by atoms with van der Waals surface area (Å²) in [6.45, 7) is 4.41. The maximum absolute atomic E-state index is 5.62. The number of hydrogen-bond acceptors (Lipinski definition) is 3. The summed E-state index contributed by atoms with van der Waals surface area (Å²) in [5.74, 6) is 2.02. The molecular weight excluding hydrogens is 166 g/mol. The van der Waals surface area contributed by atoms with Crippen LogP contribution in [-0.2, 0) is 10.2 Å². The van der Waals surface area contributed by atoms with Gasteiger partial charge in [0.05, 0.1) is 18.6 Å². The minimum absolute atomic E-state index is 0.0863. The van der Waals surface area contributed by atoms with Gasteiger partial charge in [0.25, 0.3) is 0 Å². The SMILES string of the molecule is CNCC1(c2ccc(C)o2)COC1. The standard InChI is InChI=1S/C10H15NO2/c1-8-3-4-9(13-8)10(5-11-2)6-12-7-10/h3-4,11H,5-7H2,1-2H3. The van der Waals surface area contributed by atoms with Crippen LogP contribution in [0.4, 0.5) is 0 Å². The summed E-state index contributed by atoms with van der Waals surface area (Å²) in [5, 5.41) is 3.18. The monoisotopic (exact) mass is 181 g/mol. The molecule has 1 fully saturated rings. The number of furan rings is 1. The van der Waals surface area contributed by atoms with Crippen molar-refractivity contribution in [1.82, 2.24) is 5.32 Å². The number of aryl methyl sites for hydroxylation is 1. The van der Waals surface area contributed by atoms with Gasteiger partial charge in [-0.25, -0.2) is 0 Å². The highest BCUT2D eigenvalue weighted by molar-refractivity contribution is 5.20. The third kappa shape index (κ3) is 1.38. The maximum atomic E-state index is 5.62. The fraction of sp³-hybridized carbons (Fsp3) is 0.600. The molecule has 0 spiro atoms. The predicted molar refractivity (Wildman–Crippen MR) is 49.9 cm³/mol. The average Bonchev–Trinajstić information content (AvgIpc) is 2.44. The van der Waals surface area contributed by atoms with E-state index in [4.69, 9.17) is 9.15 Å². The molecule has 0 unspecified atom stereocenters. The molecule has 3 heteroatoms. The van der Waals surface area contributed by atoms with E-state index in [1.807, 2.05) is 20.0 Å². The molecule has 3 nitrogen and oxygen atoms in total. The zero-order chi connectivity index (χ0) is 9.31. The van der Waals surface area contributed by atoms with Gasteiger partial charge in [-0.15, -0.1) is 0 Å². The van der Waals surface area contributed by atoms with Crippen LogP contribution in [0.5, 0.6) is 0 Å². The van der Waals surface area contributed by atoms with Crippen molar-refractivity contribution in [3.63, 3.8) is 0 Å². The lowest BCUT2D eigenvalue weighted by Crippen LogP contribution is -2.52. The van der Waals surface area contributed by atoms with Crippen LogP contribution in [0.2, 0.25) is 0 Å². The van der Waals surface area contributed by atoms with Crippen molar-refractivity contribution in [3.8, 4) is 0 Å². The smallest absolute Gasteiger partial charge is 0.116 e. The molecule has 1 aromatic rings. The number of likely N-dealkylation sites (N-methyl/N-ethyl adjacent to an activating group) is 1. The van der Waals surface area contributed by atoms with Crippen LogP contribution in [-0.4, -0.2) is 26.8 Å².